The van der Waals surface area contributed by atoms with Crippen molar-refractivity contribution < 1.29 is 26.4 Å². The lowest BCUT2D eigenvalue weighted by Gasteiger charge is -2.19. The number of pyridine rings is 2. The fourth-order valence-corrected chi connectivity index (χ4v) is 4.36. The second-order valence-electron chi connectivity index (χ2n) is 6.94. The molecule has 0 N–H and O–H groups in total. The molecule has 8 nitrogen and oxygen atoms in total. The summed E-state index contributed by atoms with van der Waals surface area (Å²) in [5, 5.41) is 0. The Morgan fingerprint density at radius 3 is 2.47 bits per heavy atom. The van der Waals surface area contributed by atoms with Gasteiger partial charge in [0.05, 0.1) is 27.6 Å². The topological polar surface area (TPSA) is 106 Å². The maximum Gasteiger partial charge on any atom is 0.417 e. The van der Waals surface area contributed by atoms with Gasteiger partial charge in [0.1, 0.15) is 5.69 Å². The summed E-state index contributed by atoms with van der Waals surface area (Å²) in [6.07, 6.45) is 0.533. The Bertz CT molecular complexity index is 1300. The maximum absolute atomic E-state index is 13.3. The fourth-order valence-electron chi connectivity index (χ4n) is 3.31. The second kappa shape index (κ2) is 7.93. The summed E-state index contributed by atoms with van der Waals surface area (Å²) >= 11 is 0. The molecule has 1 aliphatic heterocycles. The van der Waals surface area contributed by atoms with Crippen molar-refractivity contribution in [2.75, 3.05) is 17.2 Å². The number of carbonyl (C=O) groups excluding carboxylic acids is 1. The number of rotatable bonds is 4. The molecule has 4 heterocycles. The van der Waals surface area contributed by atoms with Crippen molar-refractivity contribution in [1.29, 1.82) is 0 Å². The third kappa shape index (κ3) is 3.93. The molecule has 0 aliphatic carbocycles. The van der Waals surface area contributed by atoms with Crippen LogP contribution in [0, 0.1) is 0 Å². The molecular formula is C20H16F3N5O3S. The van der Waals surface area contributed by atoms with Crippen LogP contribution in [0.5, 0.6) is 0 Å². The van der Waals surface area contributed by atoms with E-state index in [9.17, 15) is 26.4 Å². The van der Waals surface area contributed by atoms with Crippen LogP contribution in [-0.4, -0.2) is 46.6 Å². The SMILES string of the molecule is CCS(=O)(=O)c1cc(-c2ncccn2)cnc1C(=O)N1CCc2ncc(C(F)(F)F)cc21. The Morgan fingerprint density at radius 2 is 1.81 bits per heavy atom. The molecule has 0 spiro atoms. The normalized spacial score (nSPS) is 13.8. The fraction of sp³-hybridized carbons (Fsp3) is 0.250. The number of alkyl halides is 3. The molecule has 0 saturated heterocycles. The molecule has 3 aromatic heterocycles. The van der Waals surface area contributed by atoms with E-state index >= 15 is 0 Å². The first-order chi connectivity index (χ1) is 15.1. The lowest BCUT2D eigenvalue weighted by molar-refractivity contribution is -0.137. The van der Waals surface area contributed by atoms with Crippen LogP contribution in [0.25, 0.3) is 11.4 Å². The van der Waals surface area contributed by atoms with Gasteiger partial charge in [0.2, 0.25) is 0 Å². The van der Waals surface area contributed by atoms with E-state index in [-0.39, 0.29) is 46.4 Å². The van der Waals surface area contributed by atoms with Gasteiger partial charge in [0.25, 0.3) is 5.91 Å². The minimum absolute atomic E-state index is 0.0121. The van der Waals surface area contributed by atoms with E-state index in [1.54, 1.807) is 6.07 Å². The molecule has 4 rings (SSSR count). The van der Waals surface area contributed by atoms with Gasteiger partial charge in [0, 0.05) is 43.3 Å². The number of hydrogen-bond donors (Lipinski definition) is 0. The monoisotopic (exact) mass is 463 g/mol. The van der Waals surface area contributed by atoms with Gasteiger partial charge in [-0.2, -0.15) is 13.2 Å². The van der Waals surface area contributed by atoms with Crippen molar-refractivity contribution in [3.8, 4) is 11.4 Å². The van der Waals surface area contributed by atoms with Gasteiger partial charge in [-0.15, -0.1) is 0 Å². The molecule has 0 unspecified atom stereocenters. The van der Waals surface area contributed by atoms with Gasteiger partial charge >= 0.3 is 6.18 Å². The third-order valence-corrected chi connectivity index (χ3v) is 6.72. The average Bonchev–Trinajstić information content (AvgIpc) is 3.21. The van der Waals surface area contributed by atoms with Crippen molar-refractivity contribution in [3.63, 3.8) is 0 Å². The third-order valence-electron chi connectivity index (χ3n) is 4.98. The Morgan fingerprint density at radius 1 is 1.09 bits per heavy atom. The Balaban J connectivity index is 1.80. The molecule has 1 aliphatic rings. The Kier molecular flexibility index (Phi) is 5.41. The first-order valence-electron chi connectivity index (χ1n) is 9.50. The van der Waals surface area contributed by atoms with E-state index in [2.05, 4.69) is 19.9 Å². The van der Waals surface area contributed by atoms with Crippen LogP contribution in [0.3, 0.4) is 0 Å². The van der Waals surface area contributed by atoms with Gasteiger partial charge in [-0.3, -0.25) is 9.78 Å². The van der Waals surface area contributed by atoms with Crippen LogP contribution in [0.1, 0.15) is 28.7 Å². The second-order valence-corrected chi connectivity index (χ2v) is 9.19. The first kappa shape index (κ1) is 21.8. The molecule has 0 fully saturated rings. The van der Waals surface area contributed by atoms with Crippen LogP contribution >= 0.6 is 0 Å². The largest absolute Gasteiger partial charge is 0.417 e. The molecule has 0 bridgehead atoms. The standard InChI is InChI=1S/C20H16F3N5O3S/c1-2-32(30,31)16-8-12(18-24-5-3-6-25-18)10-27-17(16)19(29)28-7-4-14-15(28)9-13(11-26-14)20(21,22)23/h3,5-6,8-11H,2,4,7H2,1H3. The highest BCUT2D eigenvalue weighted by atomic mass is 32.2. The summed E-state index contributed by atoms with van der Waals surface area (Å²) in [7, 11) is -3.90. The van der Waals surface area contributed by atoms with E-state index < -0.39 is 27.5 Å². The molecule has 0 saturated carbocycles. The lowest BCUT2D eigenvalue weighted by Crippen LogP contribution is -2.31. The smallest absolute Gasteiger partial charge is 0.305 e. The number of hydrogen-bond acceptors (Lipinski definition) is 7. The predicted octanol–water partition coefficient (Wildman–Crippen LogP) is 2.95. The van der Waals surface area contributed by atoms with Gasteiger partial charge in [-0.1, -0.05) is 6.92 Å². The van der Waals surface area contributed by atoms with Crippen LogP contribution in [0.2, 0.25) is 0 Å². The zero-order valence-corrected chi connectivity index (χ0v) is 17.5. The minimum atomic E-state index is -4.63. The number of fused-ring (bicyclic) bond motifs is 1. The van der Waals surface area contributed by atoms with Crippen molar-refractivity contribution in [2.45, 2.75) is 24.4 Å². The quantitative estimate of drug-likeness (QED) is 0.586. The summed E-state index contributed by atoms with van der Waals surface area (Å²) in [5.41, 5.74) is -0.779. The van der Waals surface area contributed by atoms with E-state index in [0.717, 1.165) is 11.0 Å². The molecule has 0 radical (unpaired) electrons. The van der Waals surface area contributed by atoms with E-state index in [1.807, 2.05) is 0 Å². The highest BCUT2D eigenvalue weighted by Gasteiger charge is 2.36. The summed E-state index contributed by atoms with van der Waals surface area (Å²) in [4.78, 5) is 30.0. The van der Waals surface area contributed by atoms with Crippen LogP contribution in [0.15, 0.2) is 47.9 Å². The molecule has 32 heavy (non-hydrogen) atoms. The zero-order valence-electron chi connectivity index (χ0n) is 16.7. The van der Waals surface area contributed by atoms with E-state index in [4.69, 9.17) is 0 Å². The van der Waals surface area contributed by atoms with Crippen molar-refractivity contribution in [3.05, 3.63) is 59.9 Å². The Hall–Kier alpha value is -3.41. The van der Waals surface area contributed by atoms with E-state index in [0.29, 0.717) is 11.9 Å². The van der Waals surface area contributed by atoms with Crippen LogP contribution in [-0.2, 0) is 22.4 Å². The highest BCUT2D eigenvalue weighted by Crippen LogP contribution is 2.36. The van der Waals surface area contributed by atoms with Gasteiger partial charge in [-0.05, 0) is 18.2 Å². The summed E-state index contributed by atoms with van der Waals surface area (Å²) < 4.78 is 64.9. The molecule has 12 heteroatoms. The van der Waals surface area contributed by atoms with E-state index in [1.165, 1.54) is 31.6 Å². The number of nitrogens with zero attached hydrogens (tertiary/aromatic N) is 5. The zero-order chi connectivity index (χ0) is 23.1. The number of amides is 1. The number of anilines is 1. The summed E-state index contributed by atoms with van der Waals surface area (Å²) in [6.45, 7) is 1.47. The van der Waals surface area contributed by atoms with Crippen molar-refractivity contribution in [2.24, 2.45) is 0 Å². The van der Waals surface area contributed by atoms with Crippen molar-refractivity contribution >= 4 is 21.4 Å². The molecule has 1 amide bonds. The highest BCUT2D eigenvalue weighted by molar-refractivity contribution is 7.91. The molecule has 0 aromatic carbocycles. The predicted molar refractivity (Wildman–Crippen MR) is 108 cm³/mol. The molecule has 3 aromatic rings. The van der Waals surface area contributed by atoms with Crippen molar-refractivity contribution in [1.82, 2.24) is 19.9 Å². The van der Waals surface area contributed by atoms with Gasteiger partial charge in [0.15, 0.2) is 15.7 Å². The lowest BCUT2D eigenvalue weighted by atomic mass is 10.2. The Labute approximate surface area is 181 Å². The first-order valence-corrected chi connectivity index (χ1v) is 11.1. The maximum atomic E-state index is 13.3. The van der Waals surface area contributed by atoms with Gasteiger partial charge in [-0.25, -0.2) is 23.4 Å². The number of carbonyl (C=O) groups is 1. The van der Waals surface area contributed by atoms with Crippen LogP contribution < -0.4 is 4.90 Å². The number of halogens is 3. The van der Waals surface area contributed by atoms with Gasteiger partial charge < -0.3 is 4.90 Å². The molecule has 166 valence electrons. The summed E-state index contributed by atoms with van der Waals surface area (Å²) in [6, 6.07) is 3.69. The van der Waals surface area contributed by atoms with Crippen LogP contribution in [0.4, 0.5) is 18.9 Å². The summed E-state index contributed by atoms with van der Waals surface area (Å²) in [5.74, 6) is -0.903. The average molecular weight is 463 g/mol. The number of aromatic nitrogens is 4. The minimum Gasteiger partial charge on any atom is -0.305 e. The number of sulfone groups is 1. The molecular weight excluding hydrogens is 447 g/mol. The molecule has 0 atom stereocenters.